The summed E-state index contributed by atoms with van der Waals surface area (Å²) in [5.74, 6) is 2.72. The summed E-state index contributed by atoms with van der Waals surface area (Å²) in [5, 5.41) is 3.46. The Bertz CT molecular complexity index is 556. The SMILES string of the molecule is CCNC(=NCC(C)Oc1ccccc1)N1CCC(CN2CCCC2)C1. The molecule has 1 aromatic rings. The average molecular weight is 359 g/mol. The lowest BCUT2D eigenvalue weighted by Crippen LogP contribution is -2.41. The van der Waals surface area contributed by atoms with E-state index in [2.05, 4.69) is 29.0 Å². The maximum absolute atomic E-state index is 5.96. The molecule has 2 fully saturated rings. The van der Waals surface area contributed by atoms with E-state index in [9.17, 15) is 0 Å². The van der Waals surface area contributed by atoms with Gasteiger partial charge in [0.25, 0.3) is 0 Å². The van der Waals surface area contributed by atoms with Gasteiger partial charge in [-0.1, -0.05) is 18.2 Å². The molecule has 2 atom stereocenters. The molecular weight excluding hydrogens is 324 g/mol. The molecule has 0 spiro atoms. The van der Waals surface area contributed by atoms with E-state index in [1.54, 1.807) is 0 Å². The van der Waals surface area contributed by atoms with Gasteiger partial charge in [0.15, 0.2) is 5.96 Å². The normalized spacial score (nSPS) is 22.6. The minimum absolute atomic E-state index is 0.0639. The summed E-state index contributed by atoms with van der Waals surface area (Å²) in [4.78, 5) is 9.91. The van der Waals surface area contributed by atoms with Crippen LogP contribution < -0.4 is 10.1 Å². The number of likely N-dealkylation sites (tertiary alicyclic amines) is 2. The summed E-state index contributed by atoms with van der Waals surface area (Å²) < 4.78 is 5.96. The Balaban J connectivity index is 1.50. The second-order valence-corrected chi connectivity index (χ2v) is 7.54. The van der Waals surface area contributed by atoms with Crippen molar-refractivity contribution < 1.29 is 4.74 Å². The third-order valence-electron chi connectivity index (χ3n) is 5.21. The molecule has 2 aliphatic heterocycles. The van der Waals surface area contributed by atoms with Crippen LogP contribution in [0.15, 0.2) is 35.3 Å². The van der Waals surface area contributed by atoms with Crippen molar-refractivity contribution in [1.82, 2.24) is 15.1 Å². The van der Waals surface area contributed by atoms with Gasteiger partial charge in [0, 0.05) is 26.2 Å². The summed E-state index contributed by atoms with van der Waals surface area (Å²) in [7, 11) is 0. The van der Waals surface area contributed by atoms with Crippen LogP contribution in [0.25, 0.3) is 0 Å². The van der Waals surface area contributed by atoms with Gasteiger partial charge < -0.3 is 19.9 Å². The van der Waals surface area contributed by atoms with E-state index in [0.717, 1.165) is 37.3 Å². The van der Waals surface area contributed by atoms with Gasteiger partial charge in [-0.05, 0) is 64.3 Å². The summed E-state index contributed by atoms with van der Waals surface area (Å²) in [6.45, 7) is 11.9. The Labute approximate surface area is 158 Å². The highest BCUT2D eigenvalue weighted by Crippen LogP contribution is 2.20. The van der Waals surface area contributed by atoms with Crippen molar-refractivity contribution in [2.45, 2.75) is 39.2 Å². The molecule has 3 rings (SSSR count). The highest BCUT2D eigenvalue weighted by molar-refractivity contribution is 5.80. The number of ether oxygens (including phenoxy) is 1. The minimum atomic E-state index is 0.0639. The molecule has 2 saturated heterocycles. The highest BCUT2D eigenvalue weighted by atomic mass is 16.5. The van der Waals surface area contributed by atoms with E-state index in [1.807, 2.05) is 30.3 Å². The molecule has 2 heterocycles. The van der Waals surface area contributed by atoms with E-state index in [1.165, 1.54) is 38.9 Å². The summed E-state index contributed by atoms with van der Waals surface area (Å²) in [5.41, 5.74) is 0. The molecule has 0 saturated carbocycles. The van der Waals surface area contributed by atoms with Gasteiger partial charge >= 0.3 is 0 Å². The van der Waals surface area contributed by atoms with Crippen molar-refractivity contribution in [1.29, 1.82) is 0 Å². The number of guanidine groups is 1. The van der Waals surface area contributed by atoms with Crippen LogP contribution in [0.5, 0.6) is 5.75 Å². The van der Waals surface area contributed by atoms with E-state index >= 15 is 0 Å². The molecule has 1 N–H and O–H groups in total. The topological polar surface area (TPSA) is 40.1 Å². The largest absolute Gasteiger partial charge is 0.489 e. The Morgan fingerprint density at radius 3 is 2.73 bits per heavy atom. The number of benzene rings is 1. The van der Waals surface area contributed by atoms with Crippen LogP contribution in [-0.2, 0) is 0 Å². The number of hydrogen-bond donors (Lipinski definition) is 1. The van der Waals surface area contributed by atoms with Gasteiger partial charge in [-0.3, -0.25) is 0 Å². The third-order valence-corrected chi connectivity index (χ3v) is 5.21. The predicted molar refractivity (Wildman–Crippen MR) is 108 cm³/mol. The summed E-state index contributed by atoms with van der Waals surface area (Å²) >= 11 is 0. The monoisotopic (exact) mass is 358 g/mol. The Kier molecular flexibility index (Phi) is 7.18. The molecule has 1 aromatic carbocycles. The Morgan fingerprint density at radius 1 is 1.23 bits per heavy atom. The highest BCUT2D eigenvalue weighted by Gasteiger charge is 2.27. The molecule has 26 heavy (non-hydrogen) atoms. The first kappa shape index (κ1) is 19.0. The minimum Gasteiger partial charge on any atom is -0.489 e. The third kappa shape index (κ3) is 5.63. The lowest BCUT2D eigenvalue weighted by molar-refractivity contribution is 0.229. The molecule has 5 heteroatoms. The van der Waals surface area contributed by atoms with Crippen molar-refractivity contribution in [3.8, 4) is 5.75 Å². The first-order chi connectivity index (χ1) is 12.7. The molecule has 0 radical (unpaired) electrons. The lowest BCUT2D eigenvalue weighted by atomic mass is 10.1. The van der Waals surface area contributed by atoms with Crippen LogP contribution in [-0.4, -0.2) is 67.7 Å². The molecule has 5 nitrogen and oxygen atoms in total. The van der Waals surface area contributed by atoms with Gasteiger partial charge in [0.1, 0.15) is 11.9 Å². The number of rotatable bonds is 7. The fourth-order valence-electron chi connectivity index (χ4n) is 3.91. The quantitative estimate of drug-likeness (QED) is 0.601. The van der Waals surface area contributed by atoms with Gasteiger partial charge in [-0.15, -0.1) is 0 Å². The van der Waals surface area contributed by atoms with Crippen LogP contribution in [0, 0.1) is 5.92 Å². The standard InChI is InChI=1S/C21H34N4O/c1-3-22-21(23-15-18(2)26-20-9-5-4-6-10-20)25-14-11-19(17-25)16-24-12-7-8-13-24/h4-6,9-10,18-19H,3,7-8,11-17H2,1-2H3,(H,22,23). The van der Waals surface area contributed by atoms with Crippen molar-refractivity contribution in [3.63, 3.8) is 0 Å². The fraction of sp³-hybridized carbons (Fsp3) is 0.667. The van der Waals surface area contributed by atoms with Crippen molar-refractivity contribution in [2.75, 3.05) is 45.8 Å². The molecule has 0 bridgehead atoms. The molecule has 0 amide bonds. The maximum Gasteiger partial charge on any atom is 0.194 e. The molecular formula is C21H34N4O. The average Bonchev–Trinajstić information content (AvgIpc) is 3.32. The van der Waals surface area contributed by atoms with Crippen LogP contribution >= 0.6 is 0 Å². The summed E-state index contributed by atoms with van der Waals surface area (Å²) in [6.07, 6.45) is 4.09. The van der Waals surface area contributed by atoms with E-state index in [4.69, 9.17) is 9.73 Å². The van der Waals surface area contributed by atoms with Crippen molar-refractivity contribution >= 4 is 5.96 Å². The van der Waals surface area contributed by atoms with Gasteiger partial charge in [-0.25, -0.2) is 4.99 Å². The van der Waals surface area contributed by atoms with Crippen molar-refractivity contribution in [3.05, 3.63) is 30.3 Å². The number of aliphatic imine (C=N–C) groups is 1. The number of para-hydroxylation sites is 1. The van der Waals surface area contributed by atoms with Crippen molar-refractivity contribution in [2.24, 2.45) is 10.9 Å². The molecule has 2 aliphatic rings. The van der Waals surface area contributed by atoms with Crippen LogP contribution in [0.2, 0.25) is 0 Å². The zero-order chi connectivity index (χ0) is 18.2. The second-order valence-electron chi connectivity index (χ2n) is 7.54. The van der Waals surface area contributed by atoms with Gasteiger partial charge in [-0.2, -0.15) is 0 Å². The van der Waals surface area contributed by atoms with E-state index < -0.39 is 0 Å². The van der Waals surface area contributed by atoms with Crippen LogP contribution in [0.3, 0.4) is 0 Å². The van der Waals surface area contributed by atoms with Gasteiger partial charge in [0.2, 0.25) is 0 Å². The van der Waals surface area contributed by atoms with Gasteiger partial charge in [0.05, 0.1) is 6.54 Å². The maximum atomic E-state index is 5.96. The first-order valence-corrected chi connectivity index (χ1v) is 10.2. The van der Waals surface area contributed by atoms with E-state index in [0.29, 0.717) is 6.54 Å². The van der Waals surface area contributed by atoms with E-state index in [-0.39, 0.29) is 6.10 Å². The smallest absolute Gasteiger partial charge is 0.194 e. The second kappa shape index (κ2) is 9.81. The molecule has 0 aliphatic carbocycles. The van der Waals surface area contributed by atoms with Crippen LogP contribution in [0.4, 0.5) is 0 Å². The first-order valence-electron chi connectivity index (χ1n) is 10.2. The Hall–Kier alpha value is -1.75. The number of hydrogen-bond acceptors (Lipinski definition) is 3. The molecule has 144 valence electrons. The number of nitrogens with one attached hydrogen (secondary N) is 1. The molecule has 0 aromatic heterocycles. The Morgan fingerprint density at radius 2 is 2.00 bits per heavy atom. The zero-order valence-electron chi connectivity index (χ0n) is 16.4. The van der Waals surface area contributed by atoms with Crippen LogP contribution in [0.1, 0.15) is 33.1 Å². The predicted octanol–water partition coefficient (Wildman–Crippen LogP) is 2.84. The lowest BCUT2D eigenvalue weighted by Gasteiger charge is -2.24. The number of nitrogens with zero attached hydrogens (tertiary/aromatic N) is 3. The fourth-order valence-corrected chi connectivity index (χ4v) is 3.91. The molecule has 2 unspecified atom stereocenters. The zero-order valence-corrected chi connectivity index (χ0v) is 16.4. The summed E-state index contributed by atoms with van der Waals surface area (Å²) in [6, 6.07) is 9.99.